The van der Waals surface area contributed by atoms with Crippen molar-refractivity contribution in [1.29, 1.82) is 0 Å². The Morgan fingerprint density at radius 3 is 1.86 bits per heavy atom. The average Bonchev–Trinajstić information content (AvgIpc) is 3.17. The summed E-state index contributed by atoms with van der Waals surface area (Å²) in [4.78, 5) is 23.8. The van der Waals surface area contributed by atoms with Gasteiger partial charge in [-0.2, -0.15) is 0 Å². The van der Waals surface area contributed by atoms with Crippen molar-refractivity contribution in [3.05, 3.63) is 43.8 Å². The highest BCUT2D eigenvalue weighted by Gasteiger charge is 2.07. The number of rotatable bonds is 5. The van der Waals surface area contributed by atoms with E-state index in [1.165, 1.54) is 16.2 Å². The number of carboxylic acid groups (broad SMARTS) is 1. The van der Waals surface area contributed by atoms with Crippen molar-refractivity contribution in [2.75, 3.05) is 6.61 Å². The first-order valence-electron chi connectivity index (χ1n) is 7.06. The molecule has 22 heavy (non-hydrogen) atoms. The second kappa shape index (κ2) is 9.38. The van der Waals surface area contributed by atoms with E-state index in [9.17, 15) is 9.59 Å². The Hall–Kier alpha value is -1.66. The molecule has 0 saturated carbocycles. The fraction of sp³-hybridized carbons (Fsp3) is 0.375. The van der Waals surface area contributed by atoms with Crippen molar-refractivity contribution in [1.82, 2.24) is 0 Å². The van der Waals surface area contributed by atoms with Gasteiger partial charge in [0.2, 0.25) is 0 Å². The molecule has 4 nitrogen and oxygen atoms in total. The minimum Gasteiger partial charge on any atom is -0.478 e. The molecule has 0 aliphatic rings. The van der Waals surface area contributed by atoms with Crippen LogP contribution in [0.25, 0.3) is 0 Å². The van der Waals surface area contributed by atoms with Crippen LogP contribution in [0.5, 0.6) is 0 Å². The maximum absolute atomic E-state index is 11.2. The maximum atomic E-state index is 11.2. The number of hydrogen-bond donors (Lipinski definition) is 1. The van der Waals surface area contributed by atoms with Gasteiger partial charge in [-0.15, -0.1) is 22.7 Å². The molecule has 0 radical (unpaired) electrons. The molecule has 1 N–H and O–H groups in total. The lowest BCUT2D eigenvalue weighted by molar-refractivity contribution is 0.0526. The maximum Gasteiger partial charge on any atom is 0.338 e. The normalized spacial score (nSPS) is 9.77. The van der Waals surface area contributed by atoms with Gasteiger partial charge in [0.15, 0.2) is 0 Å². The molecule has 2 aromatic rings. The predicted molar refractivity (Wildman–Crippen MR) is 90.3 cm³/mol. The van der Waals surface area contributed by atoms with E-state index in [1.54, 1.807) is 22.8 Å². The van der Waals surface area contributed by atoms with Gasteiger partial charge >= 0.3 is 11.9 Å². The first-order chi connectivity index (χ1) is 10.5. The molecule has 2 heterocycles. The Morgan fingerprint density at radius 1 is 1.00 bits per heavy atom. The lowest BCUT2D eigenvalue weighted by Crippen LogP contribution is -2.02. The highest BCUT2D eigenvalue weighted by molar-refractivity contribution is 7.10. The second-order valence-corrected chi connectivity index (χ2v) is 6.33. The monoisotopic (exact) mass is 340 g/mol. The number of aryl methyl sites for hydroxylation is 2. The van der Waals surface area contributed by atoms with Gasteiger partial charge in [0.25, 0.3) is 0 Å². The second-order valence-electron chi connectivity index (χ2n) is 4.34. The third kappa shape index (κ3) is 5.61. The number of ether oxygens (including phenoxy) is 1. The number of carbonyl (C=O) groups is 2. The molecule has 0 bridgehead atoms. The first-order valence-corrected chi connectivity index (χ1v) is 8.82. The average molecular weight is 340 g/mol. The molecule has 0 aromatic carbocycles. The van der Waals surface area contributed by atoms with Crippen molar-refractivity contribution in [3.8, 4) is 0 Å². The molecule has 2 rings (SSSR count). The first kappa shape index (κ1) is 18.4. The van der Waals surface area contributed by atoms with Gasteiger partial charge in [-0.25, -0.2) is 9.59 Å². The van der Waals surface area contributed by atoms with Crippen molar-refractivity contribution >= 4 is 34.6 Å². The Labute approximate surface area is 138 Å². The van der Waals surface area contributed by atoms with E-state index in [-0.39, 0.29) is 5.97 Å². The highest BCUT2D eigenvalue weighted by atomic mass is 32.1. The lowest BCUT2D eigenvalue weighted by atomic mass is 10.3. The number of hydrogen-bond acceptors (Lipinski definition) is 5. The van der Waals surface area contributed by atoms with E-state index in [2.05, 4.69) is 6.92 Å². The third-order valence-electron chi connectivity index (χ3n) is 2.76. The molecular weight excluding hydrogens is 320 g/mol. The van der Waals surface area contributed by atoms with Crippen LogP contribution in [0.15, 0.2) is 22.9 Å². The molecule has 0 amide bonds. The molecule has 0 unspecified atom stereocenters. The summed E-state index contributed by atoms with van der Waals surface area (Å²) in [6.45, 7) is 6.33. The summed E-state index contributed by atoms with van der Waals surface area (Å²) in [7, 11) is 0. The van der Waals surface area contributed by atoms with Crippen LogP contribution < -0.4 is 0 Å². The van der Waals surface area contributed by atoms with Gasteiger partial charge in [0, 0.05) is 20.5 Å². The van der Waals surface area contributed by atoms with Gasteiger partial charge in [-0.1, -0.05) is 13.8 Å². The largest absolute Gasteiger partial charge is 0.478 e. The minimum absolute atomic E-state index is 0.214. The zero-order chi connectivity index (χ0) is 16.5. The predicted octanol–water partition coefficient (Wildman–Crippen LogP) is 4.50. The lowest BCUT2D eigenvalue weighted by Gasteiger charge is -1.96. The molecule has 0 atom stereocenters. The van der Waals surface area contributed by atoms with E-state index in [0.29, 0.717) is 17.7 Å². The molecule has 6 heteroatoms. The SMILES string of the molecule is CCOC(=O)c1csc(CC)c1.CCc1cc(C(=O)O)cs1. The van der Waals surface area contributed by atoms with E-state index < -0.39 is 5.97 Å². The summed E-state index contributed by atoms with van der Waals surface area (Å²) in [5.74, 6) is -1.05. The van der Waals surface area contributed by atoms with Crippen LogP contribution in [0.1, 0.15) is 51.2 Å². The Balaban J connectivity index is 0.000000224. The topological polar surface area (TPSA) is 63.6 Å². The van der Waals surface area contributed by atoms with Crippen molar-refractivity contribution in [2.24, 2.45) is 0 Å². The van der Waals surface area contributed by atoms with Crippen LogP contribution in [0.4, 0.5) is 0 Å². The third-order valence-corrected chi connectivity index (χ3v) is 4.92. The number of esters is 1. The minimum atomic E-state index is -0.837. The van der Waals surface area contributed by atoms with Crippen LogP contribution >= 0.6 is 22.7 Å². The van der Waals surface area contributed by atoms with Gasteiger partial charge < -0.3 is 9.84 Å². The molecule has 2 aromatic heterocycles. The zero-order valence-electron chi connectivity index (χ0n) is 12.9. The van der Waals surface area contributed by atoms with Crippen LogP contribution in [-0.4, -0.2) is 23.7 Å². The smallest absolute Gasteiger partial charge is 0.338 e. The van der Waals surface area contributed by atoms with Crippen LogP contribution in [0.2, 0.25) is 0 Å². The van der Waals surface area contributed by atoms with E-state index in [4.69, 9.17) is 9.84 Å². The quantitative estimate of drug-likeness (QED) is 0.814. The van der Waals surface area contributed by atoms with Crippen molar-refractivity contribution in [2.45, 2.75) is 33.6 Å². The van der Waals surface area contributed by atoms with Gasteiger partial charge in [0.1, 0.15) is 0 Å². The zero-order valence-corrected chi connectivity index (χ0v) is 14.6. The van der Waals surface area contributed by atoms with Gasteiger partial charge in [-0.3, -0.25) is 0 Å². The molecule has 0 saturated heterocycles. The Kier molecular flexibility index (Phi) is 7.84. The van der Waals surface area contributed by atoms with Gasteiger partial charge in [0.05, 0.1) is 17.7 Å². The van der Waals surface area contributed by atoms with E-state index in [1.807, 2.05) is 25.3 Å². The van der Waals surface area contributed by atoms with Crippen LogP contribution in [0.3, 0.4) is 0 Å². The number of carbonyl (C=O) groups excluding carboxylic acids is 1. The Bertz CT molecular complexity index is 613. The van der Waals surface area contributed by atoms with E-state index >= 15 is 0 Å². The molecule has 0 spiro atoms. The van der Waals surface area contributed by atoms with Gasteiger partial charge in [-0.05, 0) is 31.9 Å². The fourth-order valence-electron chi connectivity index (χ4n) is 1.57. The summed E-state index contributed by atoms with van der Waals surface area (Å²) in [6.07, 6.45) is 1.89. The molecule has 0 fully saturated rings. The van der Waals surface area contributed by atoms with E-state index in [0.717, 1.165) is 17.7 Å². The molecular formula is C16H20O4S2. The van der Waals surface area contributed by atoms with Crippen LogP contribution in [-0.2, 0) is 17.6 Å². The fourth-order valence-corrected chi connectivity index (χ4v) is 3.18. The molecule has 0 aliphatic heterocycles. The Morgan fingerprint density at radius 2 is 1.50 bits per heavy atom. The standard InChI is InChI=1S/C9H12O2S.C7H8O2S/c1-3-8-5-7(6-12-8)9(10)11-4-2;1-2-6-3-5(4-10-6)7(8)9/h5-6H,3-4H2,1-2H3;3-4H,2H2,1H3,(H,8,9). The number of carboxylic acids is 1. The highest BCUT2D eigenvalue weighted by Crippen LogP contribution is 2.16. The number of thiophene rings is 2. The van der Waals surface area contributed by atoms with Crippen LogP contribution in [0, 0.1) is 0 Å². The number of aromatic carboxylic acids is 1. The van der Waals surface area contributed by atoms with Crippen molar-refractivity contribution in [3.63, 3.8) is 0 Å². The summed E-state index contributed by atoms with van der Waals surface area (Å²) in [5, 5.41) is 12.0. The summed E-state index contributed by atoms with van der Waals surface area (Å²) < 4.78 is 4.85. The molecule has 120 valence electrons. The summed E-state index contributed by atoms with van der Waals surface area (Å²) in [5.41, 5.74) is 1.08. The summed E-state index contributed by atoms with van der Waals surface area (Å²) in [6, 6.07) is 3.61. The summed E-state index contributed by atoms with van der Waals surface area (Å²) >= 11 is 3.10. The molecule has 0 aliphatic carbocycles. The van der Waals surface area contributed by atoms with Crippen molar-refractivity contribution < 1.29 is 19.4 Å².